The van der Waals surface area contributed by atoms with Gasteiger partial charge in [0.15, 0.2) is 5.82 Å². The molecule has 0 aromatic carbocycles. The molecule has 5 rings (SSSR count). The van der Waals surface area contributed by atoms with Gasteiger partial charge < -0.3 is 14.7 Å². The molecule has 1 aliphatic carbocycles. The van der Waals surface area contributed by atoms with Crippen LogP contribution in [0.4, 0.5) is 4.39 Å². The number of rotatable bonds is 4. The van der Waals surface area contributed by atoms with Crippen molar-refractivity contribution < 1.29 is 14.3 Å². The van der Waals surface area contributed by atoms with Gasteiger partial charge >= 0.3 is 5.97 Å². The maximum Gasteiger partial charge on any atom is 0.308 e. The van der Waals surface area contributed by atoms with E-state index in [0.29, 0.717) is 34.0 Å². The predicted octanol–water partition coefficient (Wildman–Crippen LogP) is 4.16. The Labute approximate surface area is 177 Å². The summed E-state index contributed by atoms with van der Waals surface area (Å²) in [5, 5.41) is 10.9. The summed E-state index contributed by atoms with van der Waals surface area (Å²) in [6.45, 7) is 3.52. The van der Waals surface area contributed by atoms with Gasteiger partial charge in [-0.15, -0.1) is 0 Å². The topological polar surface area (TPSA) is 96.7 Å². The highest BCUT2D eigenvalue weighted by Crippen LogP contribution is 2.32. The smallest absolute Gasteiger partial charge is 0.308 e. The van der Waals surface area contributed by atoms with Crippen LogP contribution >= 0.6 is 0 Å². The van der Waals surface area contributed by atoms with Crippen molar-refractivity contribution in [2.24, 2.45) is 11.8 Å². The average Bonchev–Trinajstić information content (AvgIpc) is 3.39. The molecular formula is C23H20FN5O2. The Bertz CT molecular complexity index is 1390. The predicted molar refractivity (Wildman–Crippen MR) is 114 cm³/mol. The highest BCUT2D eigenvalue weighted by Gasteiger charge is 2.25. The first-order valence-electron chi connectivity index (χ1n) is 10.2. The molecule has 0 spiro atoms. The molecule has 0 aliphatic heterocycles. The van der Waals surface area contributed by atoms with Gasteiger partial charge in [-0.3, -0.25) is 4.79 Å². The van der Waals surface area contributed by atoms with Crippen LogP contribution < -0.4 is 0 Å². The van der Waals surface area contributed by atoms with Crippen LogP contribution in [0.5, 0.6) is 0 Å². The number of pyridine rings is 1. The summed E-state index contributed by atoms with van der Waals surface area (Å²) >= 11 is 0. The molecule has 2 N–H and O–H groups in total. The number of hydrogen-bond donors (Lipinski definition) is 2. The van der Waals surface area contributed by atoms with Crippen LogP contribution in [0.3, 0.4) is 0 Å². The number of aromatic nitrogens is 5. The van der Waals surface area contributed by atoms with Crippen LogP contribution in [-0.2, 0) is 4.79 Å². The minimum absolute atomic E-state index is 0.346. The van der Waals surface area contributed by atoms with Crippen LogP contribution in [0, 0.1) is 29.5 Å². The van der Waals surface area contributed by atoms with Gasteiger partial charge in [0.1, 0.15) is 17.1 Å². The fourth-order valence-electron chi connectivity index (χ4n) is 3.59. The van der Waals surface area contributed by atoms with E-state index < -0.39 is 17.7 Å². The summed E-state index contributed by atoms with van der Waals surface area (Å²) in [5.74, 6) is 5.36. The van der Waals surface area contributed by atoms with E-state index in [1.807, 2.05) is 17.7 Å². The van der Waals surface area contributed by atoms with Gasteiger partial charge in [0, 0.05) is 41.5 Å². The number of carboxylic acids is 1. The molecular weight excluding hydrogens is 397 g/mol. The molecule has 0 amide bonds. The number of carbonyl (C=O) groups is 1. The van der Waals surface area contributed by atoms with Gasteiger partial charge in [0.2, 0.25) is 0 Å². The summed E-state index contributed by atoms with van der Waals surface area (Å²) in [7, 11) is 0. The summed E-state index contributed by atoms with van der Waals surface area (Å²) in [4.78, 5) is 27.9. The van der Waals surface area contributed by atoms with Crippen molar-refractivity contribution in [2.45, 2.75) is 32.7 Å². The summed E-state index contributed by atoms with van der Waals surface area (Å²) in [5.41, 5.74) is 2.55. The van der Waals surface area contributed by atoms with E-state index in [4.69, 9.17) is 4.98 Å². The molecule has 0 unspecified atom stereocenters. The first-order chi connectivity index (χ1) is 14.9. The van der Waals surface area contributed by atoms with E-state index in [-0.39, 0.29) is 6.04 Å². The number of halogens is 1. The average molecular weight is 417 g/mol. The van der Waals surface area contributed by atoms with Crippen LogP contribution in [-0.4, -0.2) is 35.6 Å². The van der Waals surface area contributed by atoms with Crippen molar-refractivity contribution in [3.8, 4) is 23.2 Å². The molecule has 1 aliphatic rings. The lowest BCUT2D eigenvalue weighted by atomic mass is 10.0. The molecule has 1 saturated carbocycles. The van der Waals surface area contributed by atoms with Gasteiger partial charge in [0.05, 0.1) is 23.1 Å². The number of H-pyrrole nitrogens is 1. The molecule has 31 heavy (non-hydrogen) atoms. The molecule has 8 heteroatoms. The lowest BCUT2D eigenvalue weighted by Gasteiger charge is -2.18. The highest BCUT2D eigenvalue weighted by atomic mass is 19.1. The molecule has 0 bridgehead atoms. The fourth-order valence-corrected chi connectivity index (χ4v) is 3.59. The third-order valence-corrected chi connectivity index (χ3v) is 5.85. The number of nitrogens with zero attached hydrogens (tertiary/aromatic N) is 4. The number of fused-ring (bicyclic) bond motifs is 2. The van der Waals surface area contributed by atoms with E-state index >= 15 is 0 Å². The number of carboxylic acid groups (broad SMARTS) is 1. The van der Waals surface area contributed by atoms with Crippen LogP contribution in [0.2, 0.25) is 0 Å². The lowest BCUT2D eigenvalue weighted by Crippen LogP contribution is -2.21. The number of nitrogens with one attached hydrogen (secondary N) is 1. The molecule has 156 valence electrons. The molecule has 4 aromatic heterocycles. The van der Waals surface area contributed by atoms with Gasteiger partial charge in [-0.05, 0) is 32.8 Å². The first-order valence-corrected chi connectivity index (χ1v) is 10.2. The van der Waals surface area contributed by atoms with Gasteiger partial charge in [0.25, 0.3) is 0 Å². The van der Waals surface area contributed by atoms with Crippen LogP contribution in [0.1, 0.15) is 38.3 Å². The maximum absolute atomic E-state index is 13.8. The second-order valence-electron chi connectivity index (χ2n) is 8.04. The third-order valence-electron chi connectivity index (χ3n) is 5.85. The second kappa shape index (κ2) is 7.20. The van der Waals surface area contributed by atoms with Crippen LogP contribution in [0.25, 0.3) is 33.5 Å². The van der Waals surface area contributed by atoms with Crippen molar-refractivity contribution in [1.82, 2.24) is 24.5 Å². The third kappa shape index (κ3) is 3.42. The standard InChI is InChI=1S/C23H20FN5O2/c1-12(23(30)31)13(2)29-11-15(6-5-14-3-4-14)18-9-27-21(28-22(18)29)19-10-26-20-17(19)7-16(24)8-25-20/h7-14H,3-4H2,1-2H3,(H,25,26)(H,30,31)/t12-,13-/m1/s1. The minimum atomic E-state index is -0.882. The molecule has 1 fully saturated rings. The Morgan fingerprint density at radius 3 is 2.84 bits per heavy atom. The normalized spacial score (nSPS) is 15.6. The zero-order valence-electron chi connectivity index (χ0n) is 17.1. The lowest BCUT2D eigenvalue weighted by molar-refractivity contribution is -0.142. The molecule has 4 aromatic rings. The quantitative estimate of drug-likeness (QED) is 0.486. The highest BCUT2D eigenvalue weighted by molar-refractivity contribution is 5.93. The van der Waals surface area contributed by atoms with Crippen molar-refractivity contribution in [2.75, 3.05) is 0 Å². The zero-order valence-corrected chi connectivity index (χ0v) is 17.1. The Kier molecular flexibility index (Phi) is 4.47. The SMILES string of the molecule is C[C@H]([C@@H](C)C(=O)O)n1cc(C#CC2CC2)c2cnc(-c3c[nH]c4ncc(F)cc34)nc21. The van der Waals surface area contributed by atoms with Crippen molar-refractivity contribution in [3.63, 3.8) is 0 Å². The molecule has 0 saturated heterocycles. The van der Waals surface area contributed by atoms with Crippen molar-refractivity contribution in [1.29, 1.82) is 0 Å². The number of aliphatic carboxylic acids is 1. The van der Waals surface area contributed by atoms with E-state index in [2.05, 4.69) is 26.8 Å². The Morgan fingerprint density at radius 2 is 2.10 bits per heavy atom. The Morgan fingerprint density at radius 1 is 1.29 bits per heavy atom. The van der Waals surface area contributed by atoms with E-state index in [0.717, 1.165) is 30.0 Å². The van der Waals surface area contributed by atoms with E-state index in [1.54, 1.807) is 19.3 Å². The summed E-state index contributed by atoms with van der Waals surface area (Å²) < 4.78 is 15.6. The summed E-state index contributed by atoms with van der Waals surface area (Å²) in [6.07, 6.45) is 8.64. The van der Waals surface area contributed by atoms with Crippen molar-refractivity contribution >= 4 is 28.0 Å². The molecule has 2 atom stereocenters. The zero-order chi connectivity index (χ0) is 21.7. The van der Waals surface area contributed by atoms with Crippen LogP contribution in [0.15, 0.2) is 30.9 Å². The molecule has 4 heterocycles. The Hall–Kier alpha value is -3.73. The summed E-state index contributed by atoms with van der Waals surface area (Å²) in [6, 6.07) is 1.05. The number of aromatic amines is 1. The monoisotopic (exact) mass is 417 g/mol. The Balaban J connectivity index is 1.68. The van der Waals surface area contributed by atoms with Gasteiger partial charge in [-0.2, -0.15) is 0 Å². The molecule has 7 nitrogen and oxygen atoms in total. The van der Waals surface area contributed by atoms with E-state index in [1.165, 1.54) is 6.07 Å². The second-order valence-corrected chi connectivity index (χ2v) is 8.04. The minimum Gasteiger partial charge on any atom is -0.481 e. The first kappa shape index (κ1) is 19.2. The fraction of sp³-hybridized carbons (Fsp3) is 0.304. The molecule has 0 radical (unpaired) electrons. The van der Waals surface area contributed by atoms with Crippen molar-refractivity contribution in [3.05, 3.63) is 42.2 Å². The van der Waals surface area contributed by atoms with Gasteiger partial charge in [-0.1, -0.05) is 11.8 Å². The maximum atomic E-state index is 13.8. The van der Waals surface area contributed by atoms with E-state index in [9.17, 15) is 14.3 Å². The number of hydrogen-bond acceptors (Lipinski definition) is 4. The van der Waals surface area contributed by atoms with Gasteiger partial charge in [-0.25, -0.2) is 19.3 Å². The largest absolute Gasteiger partial charge is 0.481 e.